The van der Waals surface area contributed by atoms with Crippen LogP contribution in [-0.2, 0) is 9.59 Å². The van der Waals surface area contributed by atoms with E-state index in [1.165, 1.54) is 0 Å². The summed E-state index contributed by atoms with van der Waals surface area (Å²) in [6.45, 7) is 6.72. The molecular formula is C23H31ClN4O4. The van der Waals surface area contributed by atoms with Crippen molar-refractivity contribution in [2.24, 2.45) is 0 Å². The van der Waals surface area contributed by atoms with Crippen molar-refractivity contribution in [1.82, 2.24) is 4.90 Å². The fourth-order valence-electron chi connectivity index (χ4n) is 3.62. The van der Waals surface area contributed by atoms with Gasteiger partial charge in [0.25, 0.3) is 5.91 Å². The molecule has 9 heteroatoms. The quantitative estimate of drug-likeness (QED) is 0.334. The van der Waals surface area contributed by atoms with E-state index in [2.05, 4.69) is 0 Å². The standard InChI is InChI=1S/C23H31N4O4.ClH/c1-18-4-8-20(9-5-18)25(30)22(28)16-24-12-14-27(3,15-13-24)17-23(29)26(31)21-10-6-19(2)7-11-21;/h4-11,30-31H,12-17H2,1-3H3;1H/q+1;/p-1. The van der Waals surface area contributed by atoms with E-state index in [1.807, 2.05) is 50.1 Å². The summed E-state index contributed by atoms with van der Waals surface area (Å²) in [5.41, 5.74) is 3.00. The van der Waals surface area contributed by atoms with E-state index < -0.39 is 5.91 Å². The Hall–Kier alpha value is -2.49. The van der Waals surface area contributed by atoms with E-state index in [9.17, 15) is 20.0 Å². The number of benzene rings is 2. The van der Waals surface area contributed by atoms with Crippen molar-refractivity contribution < 1.29 is 36.9 Å². The number of hydroxylamine groups is 2. The van der Waals surface area contributed by atoms with E-state index >= 15 is 0 Å². The Labute approximate surface area is 195 Å². The maximum absolute atomic E-state index is 12.6. The molecule has 1 heterocycles. The lowest BCUT2D eigenvalue weighted by molar-refractivity contribution is -0.906. The Morgan fingerprint density at radius 1 is 0.844 bits per heavy atom. The minimum Gasteiger partial charge on any atom is -1.00 e. The molecule has 32 heavy (non-hydrogen) atoms. The number of nitrogens with zero attached hydrogens (tertiary/aromatic N) is 4. The number of halogens is 1. The summed E-state index contributed by atoms with van der Waals surface area (Å²) in [6, 6.07) is 14.2. The van der Waals surface area contributed by atoms with E-state index in [0.717, 1.165) is 11.1 Å². The Morgan fingerprint density at radius 2 is 1.25 bits per heavy atom. The van der Waals surface area contributed by atoms with E-state index in [0.29, 0.717) is 52.2 Å². The lowest BCUT2D eigenvalue weighted by Gasteiger charge is -2.41. The zero-order valence-electron chi connectivity index (χ0n) is 18.7. The lowest BCUT2D eigenvalue weighted by atomic mass is 10.2. The van der Waals surface area contributed by atoms with Gasteiger partial charge in [0.05, 0.1) is 38.1 Å². The van der Waals surface area contributed by atoms with Gasteiger partial charge in [0, 0.05) is 13.1 Å². The number of hydrogen-bond acceptors (Lipinski definition) is 5. The zero-order valence-corrected chi connectivity index (χ0v) is 19.5. The van der Waals surface area contributed by atoms with E-state index in [4.69, 9.17) is 0 Å². The van der Waals surface area contributed by atoms with Crippen LogP contribution in [-0.4, -0.2) is 77.9 Å². The number of quaternary nitrogens is 1. The molecule has 2 aromatic rings. The molecule has 2 N–H and O–H groups in total. The highest BCUT2D eigenvalue weighted by molar-refractivity contribution is 5.92. The molecule has 1 saturated heterocycles. The number of anilines is 2. The first-order chi connectivity index (χ1) is 14.7. The third kappa shape index (κ3) is 6.51. The van der Waals surface area contributed by atoms with Crippen LogP contribution in [0.4, 0.5) is 11.4 Å². The van der Waals surface area contributed by atoms with Crippen molar-refractivity contribution in [1.29, 1.82) is 0 Å². The maximum Gasteiger partial charge on any atom is 0.305 e. The number of carbonyl (C=O) groups is 2. The van der Waals surface area contributed by atoms with Crippen molar-refractivity contribution >= 4 is 23.2 Å². The Bertz CT molecular complexity index is 913. The molecule has 8 nitrogen and oxygen atoms in total. The number of amides is 2. The molecule has 0 saturated carbocycles. The molecule has 0 radical (unpaired) electrons. The molecule has 2 amide bonds. The molecule has 0 aliphatic carbocycles. The van der Waals surface area contributed by atoms with Crippen LogP contribution in [0.2, 0.25) is 0 Å². The highest BCUT2D eigenvalue weighted by Gasteiger charge is 2.34. The normalized spacial score (nSPS) is 15.5. The molecule has 1 aliphatic rings. The predicted octanol–water partition coefficient (Wildman–Crippen LogP) is -0.786. The Kier molecular flexibility index (Phi) is 8.77. The summed E-state index contributed by atoms with van der Waals surface area (Å²) in [6.07, 6.45) is 0. The third-order valence-corrected chi connectivity index (χ3v) is 5.82. The Morgan fingerprint density at radius 3 is 1.69 bits per heavy atom. The van der Waals surface area contributed by atoms with Crippen LogP contribution in [0, 0.1) is 13.8 Å². The van der Waals surface area contributed by atoms with Crippen molar-refractivity contribution in [2.75, 3.05) is 56.4 Å². The summed E-state index contributed by atoms with van der Waals surface area (Å²) in [4.78, 5) is 27.0. The highest BCUT2D eigenvalue weighted by atomic mass is 35.5. The third-order valence-electron chi connectivity index (χ3n) is 5.82. The fraction of sp³-hybridized carbons (Fsp3) is 0.391. The molecule has 174 valence electrons. The summed E-state index contributed by atoms with van der Waals surface area (Å²) >= 11 is 0. The second-order valence-corrected chi connectivity index (χ2v) is 8.58. The Balaban J connectivity index is 0.00000363. The van der Waals surface area contributed by atoms with Crippen molar-refractivity contribution in [3.8, 4) is 0 Å². The zero-order chi connectivity index (χ0) is 22.6. The average Bonchev–Trinajstić information content (AvgIpc) is 2.75. The topological polar surface area (TPSA) is 84.3 Å². The van der Waals surface area contributed by atoms with Crippen LogP contribution < -0.4 is 22.5 Å². The summed E-state index contributed by atoms with van der Waals surface area (Å²) in [7, 11) is 1.98. The van der Waals surface area contributed by atoms with Gasteiger partial charge in [-0.15, -0.1) is 0 Å². The minimum absolute atomic E-state index is 0. The number of carbonyl (C=O) groups excluding carboxylic acids is 2. The summed E-state index contributed by atoms with van der Waals surface area (Å²) in [5, 5.41) is 21.9. The summed E-state index contributed by atoms with van der Waals surface area (Å²) in [5.74, 6) is -0.756. The van der Waals surface area contributed by atoms with Crippen molar-refractivity contribution in [2.45, 2.75) is 13.8 Å². The molecule has 0 aromatic heterocycles. The van der Waals surface area contributed by atoms with Gasteiger partial charge in [0.2, 0.25) is 0 Å². The van der Waals surface area contributed by atoms with Gasteiger partial charge in [0.15, 0.2) is 6.54 Å². The molecule has 2 aromatic carbocycles. The van der Waals surface area contributed by atoms with Crippen LogP contribution in [0.15, 0.2) is 48.5 Å². The van der Waals surface area contributed by atoms with E-state index in [-0.39, 0.29) is 31.4 Å². The van der Waals surface area contributed by atoms with Crippen LogP contribution in [0.5, 0.6) is 0 Å². The molecule has 0 bridgehead atoms. The monoisotopic (exact) mass is 462 g/mol. The number of hydrogen-bond donors (Lipinski definition) is 2. The van der Waals surface area contributed by atoms with Crippen LogP contribution in [0.3, 0.4) is 0 Å². The predicted molar refractivity (Wildman–Crippen MR) is 118 cm³/mol. The molecule has 1 fully saturated rings. The smallest absolute Gasteiger partial charge is 0.305 e. The van der Waals surface area contributed by atoms with Gasteiger partial charge in [-0.2, -0.15) is 10.1 Å². The van der Waals surface area contributed by atoms with Gasteiger partial charge >= 0.3 is 5.91 Å². The van der Waals surface area contributed by atoms with Gasteiger partial charge < -0.3 is 16.9 Å². The number of likely N-dealkylation sites (N-methyl/N-ethyl adjacent to an activating group) is 1. The fourth-order valence-corrected chi connectivity index (χ4v) is 3.62. The molecule has 0 atom stereocenters. The molecular weight excluding hydrogens is 432 g/mol. The van der Waals surface area contributed by atoms with Gasteiger partial charge in [-0.3, -0.25) is 24.9 Å². The largest absolute Gasteiger partial charge is 1.00 e. The first-order valence-corrected chi connectivity index (χ1v) is 10.4. The van der Waals surface area contributed by atoms with Gasteiger partial charge in [0.1, 0.15) is 0 Å². The summed E-state index contributed by atoms with van der Waals surface area (Å²) < 4.78 is 0.479. The molecule has 3 rings (SSSR count). The second kappa shape index (κ2) is 10.9. The maximum atomic E-state index is 12.6. The van der Waals surface area contributed by atoms with Crippen LogP contribution in [0.25, 0.3) is 0 Å². The van der Waals surface area contributed by atoms with Gasteiger partial charge in [-0.25, -0.2) is 0 Å². The molecule has 0 spiro atoms. The van der Waals surface area contributed by atoms with Crippen LogP contribution >= 0.6 is 0 Å². The first-order valence-electron chi connectivity index (χ1n) is 10.4. The number of aryl methyl sites for hydroxylation is 2. The first kappa shape index (κ1) is 25.8. The minimum atomic E-state index is -0.392. The molecule has 1 aliphatic heterocycles. The second-order valence-electron chi connectivity index (χ2n) is 8.58. The average molecular weight is 463 g/mol. The highest BCUT2D eigenvalue weighted by Crippen LogP contribution is 2.17. The van der Waals surface area contributed by atoms with Gasteiger partial charge in [-0.1, -0.05) is 35.4 Å². The molecule has 0 unspecified atom stereocenters. The van der Waals surface area contributed by atoms with Gasteiger partial charge in [-0.05, 0) is 38.1 Å². The SMILES string of the molecule is Cc1ccc(N(O)C(=O)CN2CC[N+](C)(CC(=O)N(O)c3ccc(C)cc3)CC2)cc1.[Cl-]. The number of rotatable bonds is 6. The number of piperazine rings is 1. The lowest BCUT2D eigenvalue weighted by Crippen LogP contribution is -3.00. The van der Waals surface area contributed by atoms with Crippen molar-refractivity contribution in [3.63, 3.8) is 0 Å². The van der Waals surface area contributed by atoms with E-state index in [1.54, 1.807) is 24.3 Å². The van der Waals surface area contributed by atoms with Crippen LogP contribution in [0.1, 0.15) is 11.1 Å². The van der Waals surface area contributed by atoms with Crippen molar-refractivity contribution in [3.05, 3.63) is 59.7 Å².